The van der Waals surface area contributed by atoms with E-state index < -0.39 is 5.82 Å². The summed E-state index contributed by atoms with van der Waals surface area (Å²) in [5.74, 6) is -0.689. The summed E-state index contributed by atoms with van der Waals surface area (Å²) in [5, 5.41) is 12.0. The van der Waals surface area contributed by atoms with Gasteiger partial charge in [0, 0.05) is 25.3 Å². The summed E-state index contributed by atoms with van der Waals surface area (Å²) < 4.78 is 19.2. The number of halogens is 1. The van der Waals surface area contributed by atoms with Crippen LogP contribution in [0.15, 0.2) is 42.5 Å². The van der Waals surface area contributed by atoms with Gasteiger partial charge < -0.3 is 15.0 Å². The van der Waals surface area contributed by atoms with E-state index >= 15 is 0 Å². The van der Waals surface area contributed by atoms with Crippen LogP contribution in [0.3, 0.4) is 0 Å². The standard InChI is InChI=1S/C21H22FN3O2/c1-3-27-20-13-25(2)12-19(20)24-21(26)15-6-4-14(5-7-15)16-8-9-18(22)17(10-16)11-23/h4-10,19-20H,3,12-13H2,1-2H3,(H,24,26)/t19-,20-/m0/s1. The van der Waals surface area contributed by atoms with Crippen molar-refractivity contribution in [3.05, 3.63) is 59.4 Å². The van der Waals surface area contributed by atoms with Gasteiger partial charge in [-0.05, 0) is 49.4 Å². The van der Waals surface area contributed by atoms with E-state index in [1.807, 2.05) is 20.0 Å². The van der Waals surface area contributed by atoms with Crippen molar-refractivity contribution in [2.24, 2.45) is 0 Å². The molecule has 1 saturated heterocycles. The molecule has 1 fully saturated rings. The number of nitrogens with one attached hydrogen (secondary N) is 1. The third-order valence-corrected chi connectivity index (χ3v) is 4.71. The fourth-order valence-corrected chi connectivity index (χ4v) is 3.34. The number of nitrogens with zero attached hydrogens (tertiary/aromatic N) is 2. The van der Waals surface area contributed by atoms with E-state index in [9.17, 15) is 9.18 Å². The van der Waals surface area contributed by atoms with Crippen molar-refractivity contribution in [1.82, 2.24) is 10.2 Å². The second-order valence-electron chi connectivity index (χ2n) is 6.68. The van der Waals surface area contributed by atoms with E-state index in [1.165, 1.54) is 12.1 Å². The van der Waals surface area contributed by atoms with Gasteiger partial charge in [-0.25, -0.2) is 4.39 Å². The predicted molar refractivity (Wildman–Crippen MR) is 101 cm³/mol. The average molecular weight is 367 g/mol. The smallest absolute Gasteiger partial charge is 0.251 e. The minimum absolute atomic E-state index is 0.00152. The highest BCUT2D eigenvalue weighted by Crippen LogP contribution is 2.22. The molecule has 2 aromatic carbocycles. The monoisotopic (exact) mass is 367 g/mol. The second kappa shape index (κ2) is 8.30. The number of benzene rings is 2. The Bertz CT molecular complexity index is 861. The first-order valence-corrected chi connectivity index (χ1v) is 8.93. The number of carbonyl (C=O) groups excluding carboxylic acids is 1. The van der Waals surface area contributed by atoms with Gasteiger partial charge in [0.15, 0.2) is 0 Å². The summed E-state index contributed by atoms with van der Waals surface area (Å²) in [6, 6.07) is 13.2. The van der Waals surface area contributed by atoms with Crippen molar-refractivity contribution in [2.45, 2.75) is 19.1 Å². The Kier molecular flexibility index (Phi) is 5.84. The van der Waals surface area contributed by atoms with Crippen LogP contribution >= 0.6 is 0 Å². The van der Waals surface area contributed by atoms with Gasteiger partial charge in [0.1, 0.15) is 11.9 Å². The molecule has 1 aliphatic heterocycles. The maximum atomic E-state index is 13.5. The zero-order valence-electron chi connectivity index (χ0n) is 15.4. The van der Waals surface area contributed by atoms with E-state index in [0.717, 1.165) is 24.2 Å². The number of nitriles is 1. The Morgan fingerprint density at radius 3 is 2.63 bits per heavy atom. The third kappa shape index (κ3) is 4.33. The van der Waals surface area contributed by atoms with Crippen molar-refractivity contribution in [3.8, 4) is 17.2 Å². The summed E-state index contributed by atoms with van der Waals surface area (Å²) >= 11 is 0. The van der Waals surface area contributed by atoms with Crippen molar-refractivity contribution < 1.29 is 13.9 Å². The largest absolute Gasteiger partial charge is 0.375 e. The molecule has 0 saturated carbocycles. The number of hydrogen-bond donors (Lipinski definition) is 1. The molecule has 0 radical (unpaired) electrons. The summed E-state index contributed by atoms with van der Waals surface area (Å²) in [5.41, 5.74) is 2.09. The first-order chi connectivity index (χ1) is 13.0. The van der Waals surface area contributed by atoms with Crippen LogP contribution in [0.5, 0.6) is 0 Å². The highest BCUT2D eigenvalue weighted by molar-refractivity contribution is 5.95. The second-order valence-corrected chi connectivity index (χ2v) is 6.68. The molecule has 1 heterocycles. The van der Waals surface area contributed by atoms with Crippen LogP contribution in [-0.4, -0.2) is 49.7 Å². The number of amides is 1. The highest BCUT2D eigenvalue weighted by atomic mass is 19.1. The maximum Gasteiger partial charge on any atom is 0.251 e. The summed E-state index contributed by atoms with van der Waals surface area (Å²) in [7, 11) is 2.01. The van der Waals surface area contributed by atoms with Gasteiger partial charge in [0.25, 0.3) is 5.91 Å². The summed E-state index contributed by atoms with van der Waals surface area (Å²) in [4.78, 5) is 14.7. The molecule has 1 N–H and O–H groups in total. The Morgan fingerprint density at radius 1 is 1.26 bits per heavy atom. The minimum atomic E-state index is -0.539. The van der Waals surface area contributed by atoms with Crippen LogP contribution < -0.4 is 5.32 Å². The van der Waals surface area contributed by atoms with Gasteiger partial charge in [-0.15, -0.1) is 0 Å². The molecule has 1 amide bonds. The highest BCUT2D eigenvalue weighted by Gasteiger charge is 2.32. The van der Waals surface area contributed by atoms with Gasteiger partial charge in [-0.1, -0.05) is 18.2 Å². The normalized spacial score (nSPS) is 19.6. The Hall–Kier alpha value is -2.75. The van der Waals surface area contributed by atoms with Gasteiger partial charge in [0.05, 0.1) is 17.7 Å². The number of ether oxygens (including phenoxy) is 1. The molecule has 2 aromatic rings. The molecule has 27 heavy (non-hydrogen) atoms. The van der Waals surface area contributed by atoms with E-state index in [4.69, 9.17) is 10.00 Å². The van der Waals surface area contributed by atoms with Crippen molar-refractivity contribution in [1.29, 1.82) is 5.26 Å². The fraction of sp³-hybridized carbons (Fsp3) is 0.333. The molecule has 2 atom stereocenters. The number of likely N-dealkylation sites (N-methyl/N-ethyl adjacent to an activating group) is 1. The lowest BCUT2D eigenvalue weighted by molar-refractivity contribution is 0.0513. The molecular formula is C21H22FN3O2. The lowest BCUT2D eigenvalue weighted by atomic mass is 10.0. The maximum absolute atomic E-state index is 13.5. The van der Waals surface area contributed by atoms with Crippen molar-refractivity contribution >= 4 is 5.91 Å². The molecule has 0 unspecified atom stereocenters. The third-order valence-electron chi connectivity index (χ3n) is 4.71. The van der Waals surface area contributed by atoms with Gasteiger partial charge in [-0.2, -0.15) is 5.26 Å². The Morgan fingerprint density at radius 2 is 1.96 bits per heavy atom. The molecular weight excluding hydrogens is 345 g/mol. The summed E-state index contributed by atoms with van der Waals surface area (Å²) in [6.07, 6.45) is -0.00755. The van der Waals surface area contributed by atoms with Crippen molar-refractivity contribution in [3.63, 3.8) is 0 Å². The molecule has 140 valence electrons. The Balaban J connectivity index is 1.71. The summed E-state index contributed by atoms with van der Waals surface area (Å²) in [6.45, 7) is 4.11. The molecule has 0 aromatic heterocycles. The number of likely N-dealkylation sites (tertiary alicyclic amines) is 1. The lowest BCUT2D eigenvalue weighted by Crippen LogP contribution is -2.43. The molecule has 6 heteroatoms. The SMILES string of the molecule is CCO[C@H]1CN(C)C[C@@H]1NC(=O)c1ccc(-c2ccc(F)c(C#N)c2)cc1. The zero-order chi connectivity index (χ0) is 19.4. The molecule has 0 bridgehead atoms. The molecule has 0 spiro atoms. The quantitative estimate of drug-likeness (QED) is 0.883. The van der Waals surface area contributed by atoms with E-state index in [2.05, 4.69) is 10.2 Å². The Labute approximate surface area is 158 Å². The first-order valence-electron chi connectivity index (χ1n) is 8.93. The van der Waals surface area contributed by atoms with Crippen LogP contribution in [0.2, 0.25) is 0 Å². The minimum Gasteiger partial charge on any atom is -0.375 e. The van der Waals surface area contributed by atoms with E-state index in [1.54, 1.807) is 30.3 Å². The van der Waals surface area contributed by atoms with Gasteiger partial charge >= 0.3 is 0 Å². The number of hydrogen-bond acceptors (Lipinski definition) is 4. The van der Waals surface area contributed by atoms with Gasteiger partial charge in [0.2, 0.25) is 0 Å². The van der Waals surface area contributed by atoms with Crippen LogP contribution in [0.4, 0.5) is 4.39 Å². The van der Waals surface area contributed by atoms with Crippen LogP contribution in [0.25, 0.3) is 11.1 Å². The van der Waals surface area contributed by atoms with Crippen LogP contribution in [-0.2, 0) is 4.74 Å². The topological polar surface area (TPSA) is 65.4 Å². The zero-order valence-corrected chi connectivity index (χ0v) is 15.4. The van der Waals surface area contributed by atoms with E-state index in [-0.39, 0.29) is 23.6 Å². The first kappa shape index (κ1) is 19.0. The predicted octanol–water partition coefficient (Wildman–Crippen LogP) is 2.81. The van der Waals surface area contributed by atoms with E-state index in [0.29, 0.717) is 12.2 Å². The number of rotatable bonds is 5. The molecule has 5 nitrogen and oxygen atoms in total. The number of carbonyl (C=O) groups is 1. The average Bonchev–Trinajstić information content (AvgIpc) is 3.01. The lowest BCUT2D eigenvalue weighted by Gasteiger charge is -2.19. The van der Waals surface area contributed by atoms with Crippen LogP contribution in [0, 0.1) is 17.1 Å². The molecule has 3 rings (SSSR count). The fourth-order valence-electron chi connectivity index (χ4n) is 3.34. The van der Waals surface area contributed by atoms with Gasteiger partial charge in [-0.3, -0.25) is 4.79 Å². The molecule has 1 aliphatic rings. The van der Waals surface area contributed by atoms with Crippen molar-refractivity contribution in [2.75, 3.05) is 26.7 Å². The molecule has 0 aliphatic carbocycles. The van der Waals surface area contributed by atoms with Crippen LogP contribution in [0.1, 0.15) is 22.8 Å².